The van der Waals surface area contributed by atoms with Gasteiger partial charge in [-0.1, -0.05) is 37.5 Å². The number of ketones is 1. The SMILES string of the molecule is O=C(Nc1ccc(C(=O)C[C@@]2(O)C(=O)Nc3ccccc32)cc1)NC1CCCCC1. The van der Waals surface area contributed by atoms with Crippen molar-refractivity contribution in [1.29, 1.82) is 0 Å². The largest absolute Gasteiger partial charge is 0.375 e. The molecular formula is C23H25N3O4. The number of anilines is 2. The second kappa shape index (κ2) is 8.28. The average Bonchev–Trinajstić information content (AvgIpc) is 2.99. The van der Waals surface area contributed by atoms with Crippen LogP contribution in [0.1, 0.15) is 54.4 Å². The van der Waals surface area contributed by atoms with E-state index in [0.717, 1.165) is 25.7 Å². The molecule has 1 fully saturated rings. The number of aliphatic hydroxyl groups is 1. The maximum Gasteiger partial charge on any atom is 0.319 e. The van der Waals surface area contributed by atoms with Crippen LogP contribution in [0, 0.1) is 0 Å². The molecule has 1 heterocycles. The Labute approximate surface area is 174 Å². The smallest absolute Gasteiger partial charge is 0.319 e. The second-order valence-electron chi connectivity index (χ2n) is 7.97. The van der Waals surface area contributed by atoms with Crippen LogP contribution in [0.15, 0.2) is 48.5 Å². The van der Waals surface area contributed by atoms with Gasteiger partial charge in [0, 0.05) is 28.5 Å². The third kappa shape index (κ3) is 4.07. The Bertz CT molecular complexity index is 967. The number of nitrogens with one attached hydrogen (secondary N) is 3. The van der Waals surface area contributed by atoms with Crippen molar-refractivity contribution < 1.29 is 19.5 Å². The number of rotatable bonds is 5. The average molecular weight is 407 g/mol. The fourth-order valence-electron chi connectivity index (χ4n) is 4.15. The molecule has 0 radical (unpaired) electrons. The summed E-state index contributed by atoms with van der Waals surface area (Å²) in [6.07, 6.45) is 5.14. The molecule has 1 atom stereocenters. The monoisotopic (exact) mass is 407 g/mol. The Kier molecular flexibility index (Phi) is 5.55. The zero-order valence-corrected chi connectivity index (χ0v) is 16.6. The lowest BCUT2D eigenvalue weighted by atomic mass is 9.88. The Morgan fingerprint density at radius 1 is 1.03 bits per heavy atom. The molecule has 1 saturated carbocycles. The van der Waals surface area contributed by atoms with Gasteiger partial charge >= 0.3 is 6.03 Å². The topological polar surface area (TPSA) is 108 Å². The number of carbonyl (C=O) groups is 3. The molecular weight excluding hydrogens is 382 g/mol. The summed E-state index contributed by atoms with van der Waals surface area (Å²) in [4.78, 5) is 37.2. The fraction of sp³-hybridized carbons (Fsp3) is 0.348. The number of hydrogen-bond acceptors (Lipinski definition) is 4. The van der Waals surface area contributed by atoms with Crippen molar-refractivity contribution in [3.8, 4) is 0 Å². The third-order valence-electron chi connectivity index (χ3n) is 5.82. The Morgan fingerprint density at radius 2 is 1.73 bits per heavy atom. The maximum absolute atomic E-state index is 12.7. The summed E-state index contributed by atoms with van der Waals surface area (Å²) in [5.41, 5.74) is -0.0338. The number of hydrogen-bond donors (Lipinski definition) is 4. The number of carbonyl (C=O) groups excluding carboxylic acids is 3. The second-order valence-corrected chi connectivity index (χ2v) is 7.97. The number of Topliss-reactive ketones (excluding diaryl/α,β-unsaturated/α-hetero) is 1. The zero-order chi connectivity index (χ0) is 21.1. The minimum atomic E-state index is -1.88. The molecule has 0 unspecified atom stereocenters. The van der Waals surface area contributed by atoms with Crippen LogP contribution >= 0.6 is 0 Å². The first-order chi connectivity index (χ1) is 14.5. The first kappa shape index (κ1) is 20.1. The highest BCUT2D eigenvalue weighted by Gasteiger charge is 2.46. The highest BCUT2D eigenvalue weighted by molar-refractivity contribution is 6.09. The third-order valence-corrected chi connectivity index (χ3v) is 5.82. The summed E-state index contributed by atoms with van der Waals surface area (Å²) in [5.74, 6) is -0.961. The van der Waals surface area contributed by atoms with E-state index in [1.54, 1.807) is 48.5 Å². The first-order valence-electron chi connectivity index (χ1n) is 10.3. The van der Waals surface area contributed by atoms with Crippen molar-refractivity contribution in [3.05, 3.63) is 59.7 Å². The molecule has 4 rings (SSSR count). The molecule has 0 saturated heterocycles. The van der Waals surface area contributed by atoms with Gasteiger partial charge in [0.1, 0.15) is 0 Å². The van der Waals surface area contributed by atoms with Crippen molar-refractivity contribution in [1.82, 2.24) is 5.32 Å². The molecule has 1 aliphatic heterocycles. The van der Waals surface area contributed by atoms with Crippen LogP contribution in [0.5, 0.6) is 0 Å². The molecule has 0 aromatic heterocycles. The van der Waals surface area contributed by atoms with Gasteiger partial charge in [0.25, 0.3) is 5.91 Å². The van der Waals surface area contributed by atoms with Gasteiger partial charge in [-0.2, -0.15) is 0 Å². The Morgan fingerprint density at radius 3 is 2.47 bits per heavy atom. The van der Waals surface area contributed by atoms with Crippen molar-refractivity contribution in [2.45, 2.75) is 50.2 Å². The van der Waals surface area contributed by atoms with Gasteiger partial charge in [-0.05, 0) is 43.2 Å². The molecule has 2 aromatic rings. The highest BCUT2D eigenvalue weighted by atomic mass is 16.3. The fourth-order valence-corrected chi connectivity index (χ4v) is 4.15. The minimum absolute atomic E-state index is 0.209. The van der Waals surface area contributed by atoms with Crippen molar-refractivity contribution in [2.24, 2.45) is 0 Å². The van der Waals surface area contributed by atoms with E-state index in [4.69, 9.17) is 0 Å². The number of urea groups is 1. The van der Waals surface area contributed by atoms with E-state index in [0.29, 0.717) is 22.5 Å². The number of fused-ring (bicyclic) bond motifs is 1. The lowest BCUT2D eigenvalue weighted by Gasteiger charge is -2.23. The van der Waals surface area contributed by atoms with Crippen molar-refractivity contribution in [3.63, 3.8) is 0 Å². The number of para-hydroxylation sites is 1. The van der Waals surface area contributed by atoms with E-state index < -0.39 is 11.5 Å². The molecule has 7 nitrogen and oxygen atoms in total. The van der Waals surface area contributed by atoms with Crippen LogP contribution in [0.2, 0.25) is 0 Å². The van der Waals surface area contributed by atoms with E-state index in [-0.39, 0.29) is 24.3 Å². The summed E-state index contributed by atoms with van der Waals surface area (Å²) in [5, 5.41) is 19.2. The summed E-state index contributed by atoms with van der Waals surface area (Å²) in [7, 11) is 0. The van der Waals surface area contributed by atoms with E-state index in [9.17, 15) is 19.5 Å². The molecule has 2 aromatic carbocycles. The molecule has 0 bridgehead atoms. The zero-order valence-electron chi connectivity index (χ0n) is 16.6. The van der Waals surface area contributed by atoms with Crippen LogP contribution in [0.25, 0.3) is 0 Å². The van der Waals surface area contributed by atoms with Gasteiger partial charge in [0.05, 0.1) is 6.42 Å². The molecule has 156 valence electrons. The summed E-state index contributed by atoms with van der Waals surface area (Å²) in [6, 6.07) is 13.2. The molecule has 1 aliphatic carbocycles. The summed E-state index contributed by atoms with van der Waals surface area (Å²) >= 11 is 0. The van der Waals surface area contributed by atoms with E-state index in [2.05, 4.69) is 16.0 Å². The molecule has 7 heteroatoms. The van der Waals surface area contributed by atoms with Crippen molar-refractivity contribution >= 4 is 29.1 Å². The van der Waals surface area contributed by atoms with Crippen LogP contribution in [0.4, 0.5) is 16.2 Å². The molecule has 0 spiro atoms. The van der Waals surface area contributed by atoms with E-state index >= 15 is 0 Å². The number of benzene rings is 2. The Balaban J connectivity index is 1.38. The van der Waals surface area contributed by atoms with E-state index in [1.165, 1.54) is 6.42 Å². The van der Waals surface area contributed by atoms with Crippen LogP contribution in [-0.4, -0.2) is 28.9 Å². The van der Waals surface area contributed by atoms with Gasteiger partial charge in [-0.15, -0.1) is 0 Å². The quantitative estimate of drug-likeness (QED) is 0.569. The van der Waals surface area contributed by atoms with Crippen LogP contribution in [0.3, 0.4) is 0 Å². The lowest BCUT2D eigenvalue weighted by molar-refractivity contribution is -0.133. The van der Waals surface area contributed by atoms with Crippen molar-refractivity contribution in [2.75, 3.05) is 10.6 Å². The standard InChI is InChI=1S/C23H25N3O4/c27-20(14-23(30)18-8-4-5-9-19(18)26-21(23)28)15-10-12-17(13-11-15)25-22(29)24-16-6-2-1-3-7-16/h4-5,8-13,16,30H,1-3,6-7,14H2,(H,26,28)(H2,24,25,29)/t23-/m0/s1. The first-order valence-corrected chi connectivity index (χ1v) is 10.3. The van der Waals surface area contributed by atoms with Gasteiger partial charge in [-0.25, -0.2) is 4.79 Å². The van der Waals surface area contributed by atoms with Gasteiger partial charge in [0.15, 0.2) is 11.4 Å². The minimum Gasteiger partial charge on any atom is -0.375 e. The maximum atomic E-state index is 12.7. The summed E-state index contributed by atoms with van der Waals surface area (Å²) < 4.78 is 0. The molecule has 3 amide bonds. The summed E-state index contributed by atoms with van der Waals surface area (Å²) in [6.45, 7) is 0. The Hall–Kier alpha value is -3.19. The number of amides is 3. The normalized spacial score (nSPS) is 20.9. The predicted octanol–water partition coefficient (Wildman–Crippen LogP) is 3.55. The molecule has 4 N–H and O–H groups in total. The van der Waals surface area contributed by atoms with Gasteiger partial charge < -0.3 is 21.1 Å². The van der Waals surface area contributed by atoms with E-state index in [1.807, 2.05) is 0 Å². The molecule has 30 heavy (non-hydrogen) atoms. The highest BCUT2D eigenvalue weighted by Crippen LogP contribution is 2.38. The van der Waals surface area contributed by atoms with Crippen LogP contribution in [-0.2, 0) is 10.4 Å². The van der Waals surface area contributed by atoms with Gasteiger partial charge in [0.2, 0.25) is 0 Å². The van der Waals surface area contributed by atoms with Gasteiger partial charge in [-0.3, -0.25) is 9.59 Å². The van der Waals surface area contributed by atoms with Crippen LogP contribution < -0.4 is 16.0 Å². The molecule has 2 aliphatic rings. The lowest BCUT2D eigenvalue weighted by Crippen LogP contribution is -2.39. The predicted molar refractivity (Wildman–Crippen MR) is 113 cm³/mol.